The van der Waals surface area contributed by atoms with Gasteiger partial charge in [-0.05, 0) is 19.3 Å². The highest BCUT2D eigenvalue weighted by molar-refractivity contribution is 5.96. The molecule has 1 aliphatic heterocycles. The molecular formula is C8H12O6. The number of aliphatic carboxylic acids is 2. The molecular weight excluding hydrogens is 192 g/mol. The van der Waals surface area contributed by atoms with E-state index in [1.165, 1.54) is 0 Å². The molecule has 1 fully saturated rings. The molecule has 2 N–H and O–H groups in total. The Morgan fingerprint density at radius 1 is 1.29 bits per heavy atom. The summed E-state index contributed by atoms with van der Waals surface area (Å²) in [6.45, 7) is 0.483. The lowest BCUT2D eigenvalue weighted by atomic mass is 10.2. The smallest absolute Gasteiger partial charge is 0.344 e. The van der Waals surface area contributed by atoms with Gasteiger partial charge in [-0.25, -0.2) is 9.59 Å². The second-order valence-corrected chi connectivity index (χ2v) is 2.99. The molecule has 0 saturated carbocycles. The van der Waals surface area contributed by atoms with E-state index in [-0.39, 0.29) is 0 Å². The molecule has 0 aromatic heterocycles. The molecule has 1 aliphatic rings. The standard InChI is InChI=1S/C8H12O6/c9-7(10)6(8(11)12)14-5-3-1-2-4-13-5/h5-6H,1-4H2,(H,9,10)(H,11,12). The number of rotatable bonds is 4. The van der Waals surface area contributed by atoms with Gasteiger partial charge in [-0.2, -0.15) is 0 Å². The summed E-state index contributed by atoms with van der Waals surface area (Å²) in [5.41, 5.74) is 0. The third-order valence-corrected chi connectivity index (χ3v) is 1.87. The van der Waals surface area contributed by atoms with Crippen LogP contribution in [0.1, 0.15) is 19.3 Å². The van der Waals surface area contributed by atoms with Gasteiger partial charge >= 0.3 is 11.9 Å². The van der Waals surface area contributed by atoms with Crippen LogP contribution < -0.4 is 0 Å². The fourth-order valence-electron chi connectivity index (χ4n) is 1.19. The molecule has 0 aromatic rings. The average Bonchev–Trinajstić information content (AvgIpc) is 2.15. The van der Waals surface area contributed by atoms with Gasteiger partial charge in [0.15, 0.2) is 6.29 Å². The van der Waals surface area contributed by atoms with E-state index in [9.17, 15) is 9.59 Å². The van der Waals surface area contributed by atoms with E-state index in [0.29, 0.717) is 13.0 Å². The van der Waals surface area contributed by atoms with Crippen molar-refractivity contribution in [1.29, 1.82) is 0 Å². The number of carboxylic acids is 2. The van der Waals surface area contributed by atoms with Crippen molar-refractivity contribution in [3.8, 4) is 0 Å². The third kappa shape index (κ3) is 2.97. The van der Waals surface area contributed by atoms with Crippen molar-refractivity contribution in [2.75, 3.05) is 6.61 Å². The van der Waals surface area contributed by atoms with E-state index < -0.39 is 24.3 Å². The van der Waals surface area contributed by atoms with Crippen molar-refractivity contribution in [1.82, 2.24) is 0 Å². The van der Waals surface area contributed by atoms with Gasteiger partial charge in [0, 0.05) is 6.61 Å². The third-order valence-electron chi connectivity index (χ3n) is 1.87. The van der Waals surface area contributed by atoms with Crippen LogP contribution in [0.2, 0.25) is 0 Å². The van der Waals surface area contributed by atoms with Crippen LogP contribution >= 0.6 is 0 Å². The van der Waals surface area contributed by atoms with Crippen LogP contribution in [0.25, 0.3) is 0 Å². The molecule has 0 radical (unpaired) electrons. The topological polar surface area (TPSA) is 93.1 Å². The van der Waals surface area contributed by atoms with Crippen molar-refractivity contribution < 1.29 is 29.3 Å². The van der Waals surface area contributed by atoms with Crippen LogP contribution in [0.15, 0.2) is 0 Å². The van der Waals surface area contributed by atoms with E-state index in [0.717, 1.165) is 12.8 Å². The summed E-state index contributed by atoms with van der Waals surface area (Å²) in [5, 5.41) is 17.0. The van der Waals surface area contributed by atoms with E-state index in [2.05, 4.69) is 0 Å². The van der Waals surface area contributed by atoms with Gasteiger partial charge in [0.1, 0.15) is 0 Å². The van der Waals surface area contributed by atoms with Crippen molar-refractivity contribution in [2.24, 2.45) is 0 Å². The van der Waals surface area contributed by atoms with Gasteiger partial charge in [0.25, 0.3) is 6.10 Å². The first-order valence-electron chi connectivity index (χ1n) is 4.34. The zero-order valence-corrected chi connectivity index (χ0v) is 7.51. The van der Waals surface area contributed by atoms with Gasteiger partial charge in [-0.3, -0.25) is 0 Å². The quantitative estimate of drug-likeness (QED) is 0.629. The summed E-state index contributed by atoms with van der Waals surface area (Å²) >= 11 is 0. The highest BCUT2D eigenvalue weighted by Crippen LogP contribution is 2.15. The Morgan fingerprint density at radius 3 is 2.36 bits per heavy atom. The second-order valence-electron chi connectivity index (χ2n) is 2.99. The monoisotopic (exact) mass is 204 g/mol. The summed E-state index contributed by atoms with van der Waals surface area (Å²) in [5.74, 6) is -3.02. The highest BCUT2D eigenvalue weighted by atomic mass is 16.7. The first-order chi connectivity index (χ1) is 6.61. The average molecular weight is 204 g/mol. The number of carboxylic acid groups (broad SMARTS) is 2. The summed E-state index contributed by atoms with van der Waals surface area (Å²) in [6.07, 6.45) is -0.253. The van der Waals surface area contributed by atoms with Gasteiger partial charge < -0.3 is 19.7 Å². The normalized spacial score (nSPS) is 22.2. The zero-order valence-electron chi connectivity index (χ0n) is 7.51. The fourth-order valence-corrected chi connectivity index (χ4v) is 1.19. The lowest BCUT2D eigenvalue weighted by Gasteiger charge is -2.24. The molecule has 1 unspecified atom stereocenters. The van der Waals surface area contributed by atoms with Crippen molar-refractivity contribution in [2.45, 2.75) is 31.7 Å². The van der Waals surface area contributed by atoms with Crippen LogP contribution in [-0.2, 0) is 19.1 Å². The fraction of sp³-hybridized carbons (Fsp3) is 0.750. The predicted molar refractivity (Wildman–Crippen MR) is 43.7 cm³/mol. The Hall–Kier alpha value is -1.14. The number of carbonyl (C=O) groups is 2. The Morgan fingerprint density at radius 2 is 1.93 bits per heavy atom. The molecule has 1 saturated heterocycles. The number of hydrogen-bond acceptors (Lipinski definition) is 4. The van der Waals surface area contributed by atoms with Crippen LogP contribution in [0.4, 0.5) is 0 Å². The second kappa shape index (κ2) is 4.92. The molecule has 6 nitrogen and oxygen atoms in total. The van der Waals surface area contributed by atoms with Gasteiger partial charge in [0.05, 0.1) is 0 Å². The van der Waals surface area contributed by atoms with Crippen LogP contribution in [0.3, 0.4) is 0 Å². The minimum absolute atomic E-state index is 0.483. The van der Waals surface area contributed by atoms with Gasteiger partial charge in [-0.15, -0.1) is 0 Å². The summed E-state index contributed by atoms with van der Waals surface area (Å²) < 4.78 is 9.85. The number of ether oxygens (including phenoxy) is 2. The van der Waals surface area contributed by atoms with Crippen molar-refractivity contribution in [3.63, 3.8) is 0 Å². The lowest BCUT2D eigenvalue weighted by molar-refractivity contribution is -0.208. The minimum Gasteiger partial charge on any atom is -0.479 e. The molecule has 80 valence electrons. The Kier molecular flexibility index (Phi) is 3.84. The lowest BCUT2D eigenvalue weighted by Crippen LogP contribution is -2.38. The Balaban J connectivity index is 2.45. The van der Waals surface area contributed by atoms with Crippen LogP contribution in [-0.4, -0.2) is 41.2 Å². The molecule has 0 spiro atoms. The molecule has 1 atom stereocenters. The molecule has 0 aliphatic carbocycles. The van der Waals surface area contributed by atoms with E-state index >= 15 is 0 Å². The van der Waals surface area contributed by atoms with E-state index in [1.54, 1.807) is 0 Å². The largest absolute Gasteiger partial charge is 0.479 e. The van der Waals surface area contributed by atoms with E-state index in [1.807, 2.05) is 0 Å². The maximum Gasteiger partial charge on any atom is 0.344 e. The molecule has 0 amide bonds. The van der Waals surface area contributed by atoms with Crippen LogP contribution in [0, 0.1) is 0 Å². The van der Waals surface area contributed by atoms with Crippen molar-refractivity contribution >= 4 is 11.9 Å². The number of hydrogen-bond donors (Lipinski definition) is 2. The summed E-state index contributed by atoms with van der Waals surface area (Å²) in [4.78, 5) is 20.9. The molecule has 0 bridgehead atoms. The van der Waals surface area contributed by atoms with E-state index in [4.69, 9.17) is 19.7 Å². The first kappa shape index (κ1) is 10.9. The molecule has 0 aromatic carbocycles. The molecule has 6 heteroatoms. The van der Waals surface area contributed by atoms with Crippen LogP contribution in [0.5, 0.6) is 0 Å². The minimum atomic E-state index is -1.84. The van der Waals surface area contributed by atoms with Gasteiger partial charge in [0.2, 0.25) is 0 Å². The highest BCUT2D eigenvalue weighted by Gasteiger charge is 2.31. The summed E-state index contributed by atoms with van der Waals surface area (Å²) in [6, 6.07) is 0. The Labute approximate surface area is 80.4 Å². The molecule has 14 heavy (non-hydrogen) atoms. The first-order valence-corrected chi connectivity index (χ1v) is 4.34. The zero-order chi connectivity index (χ0) is 10.6. The van der Waals surface area contributed by atoms with Gasteiger partial charge in [-0.1, -0.05) is 0 Å². The summed E-state index contributed by atoms with van der Waals surface area (Å²) in [7, 11) is 0. The SMILES string of the molecule is O=C(O)C(OC1CCCCO1)C(=O)O. The maximum absolute atomic E-state index is 10.5. The molecule has 1 rings (SSSR count). The Bertz CT molecular complexity index is 206. The predicted octanol–water partition coefficient (Wildman–Crippen LogP) is 0.0674. The maximum atomic E-state index is 10.5. The molecule has 1 heterocycles. The van der Waals surface area contributed by atoms with Crippen molar-refractivity contribution in [3.05, 3.63) is 0 Å².